The number of benzene rings is 3. The van der Waals surface area contributed by atoms with Gasteiger partial charge in [-0.3, -0.25) is 0 Å². The number of allylic oxidation sites excluding steroid dienone is 2. The quantitative estimate of drug-likeness (QED) is 0.0417. The zero-order valence-corrected chi connectivity index (χ0v) is 41.2. The fraction of sp³-hybridized carbons (Fsp3) is 0.385. The maximum Gasteiger partial charge on any atom is 0.330 e. The van der Waals surface area contributed by atoms with Crippen molar-refractivity contribution in [3.8, 4) is 34.5 Å². The van der Waals surface area contributed by atoms with Crippen LogP contribution in [0.2, 0.25) is 0 Å². The molecule has 0 bridgehead atoms. The predicted molar refractivity (Wildman–Crippen MR) is 261 cm³/mol. The number of aromatic hydroxyl groups is 5. The number of phenols is 5. The van der Waals surface area contributed by atoms with Crippen LogP contribution in [0.5, 0.6) is 34.5 Å². The number of esters is 2. The minimum absolute atomic E-state index is 0.0364. The minimum Gasteiger partial charge on any atom is -0.508 e. The first-order valence-corrected chi connectivity index (χ1v) is 24.0. The predicted octanol–water partition coefficient (Wildman–Crippen LogP) is -1.46. The molecule has 5 aliphatic rings. The summed E-state index contributed by atoms with van der Waals surface area (Å²) in [5, 5.41) is 159. The molecule has 0 spiro atoms. The largest absolute Gasteiger partial charge is 0.508 e. The molecule has 3 aromatic rings. The van der Waals surface area contributed by atoms with Gasteiger partial charge in [0.2, 0.25) is 12.6 Å². The first-order chi connectivity index (χ1) is 37.6. The molecule has 8 rings (SSSR count). The number of fused-ring (bicyclic) bond motifs is 1. The minimum atomic E-state index is -2.18. The van der Waals surface area contributed by atoms with Crippen LogP contribution in [0.4, 0.5) is 0 Å². The van der Waals surface area contributed by atoms with Gasteiger partial charge in [-0.15, -0.1) is 0 Å². The molecule has 3 aromatic carbocycles. The summed E-state index contributed by atoms with van der Waals surface area (Å²) in [4.78, 5) is 25.8. The Balaban J connectivity index is 1.10. The Morgan fingerprint density at radius 2 is 1.11 bits per heavy atom. The van der Waals surface area contributed by atoms with Gasteiger partial charge >= 0.3 is 11.9 Å². The van der Waals surface area contributed by atoms with E-state index in [0.717, 1.165) is 42.5 Å². The van der Waals surface area contributed by atoms with Crippen molar-refractivity contribution in [3.63, 3.8) is 0 Å². The van der Waals surface area contributed by atoms with Crippen molar-refractivity contribution < 1.29 is 134 Å². The third-order valence-electron chi connectivity index (χ3n) is 12.9. The number of hydrogen-bond donors (Lipinski definition) is 15. The topological polar surface area (TPSA) is 430 Å². The highest BCUT2D eigenvalue weighted by molar-refractivity contribution is 5.87. The number of carbonyl (C=O) groups excluding carboxylic acids is 2. The van der Waals surface area contributed by atoms with E-state index in [0.29, 0.717) is 5.56 Å². The molecular weight excluding hydrogens is 1060 g/mol. The van der Waals surface area contributed by atoms with E-state index >= 15 is 0 Å². The summed E-state index contributed by atoms with van der Waals surface area (Å²) in [7, 11) is 1.32. The molecule has 4 heterocycles. The van der Waals surface area contributed by atoms with E-state index in [2.05, 4.69) is 0 Å². The second-order valence-electron chi connectivity index (χ2n) is 18.3. The van der Waals surface area contributed by atoms with Crippen molar-refractivity contribution >= 4 is 29.8 Å². The first-order valence-electron chi connectivity index (χ1n) is 24.0. The lowest BCUT2D eigenvalue weighted by molar-refractivity contribution is -0.363. The Kier molecular flexibility index (Phi) is 18.0. The van der Waals surface area contributed by atoms with E-state index in [1.165, 1.54) is 61.7 Å². The Morgan fingerprint density at radius 1 is 0.570 bits per heavy atom. The van der Waals surface area contributed by atoms with Crippen molar-refractivity contribution in [2.75, 3.05) is 26.9 Å². The number of ether oxygens (including phenoxy) is 10. The van der Waals surface area contributed by atoms with Crippen molar-refractivity contribution in [2.45, 2.75) is 98.2 Å². The van der Waals surface area contributed by atoms with Crippen LogP contribution < -0.4 is 4.74 Å². The van der Waals surface area contributed by atoms with Crippen molar-refractivity contribution in [1.29, 1.82) is 0 Å². The van der Waals surface area contributed by atoms with Crippen molar-refractivity contribution in [3.05, 3.63) is 125 Å². The lowest BCUT2D eigenvalue weighted by Gasteiger charge is -2.46. The molecule has 27 nitrogen and oxygen atoms in total. The van der Waals surface area contributed by atoms with Gasteiger partial charge in [0.05, 0.1) is 13.7 Å². The number of carbonyl (C=O) groups is 2. The highest BCUT2D eigenvalue weighted by Gasteiger charge is 2.53. The zero-order valence-electron chi connectivity index (χ0n) is 41.2. The fourth-order valence-electron chi connectivity index (χ4n) is 8.57. The average molecular weight is 1110 g/mol. The number of phenolic OH excluding ortho intramolecular Hbond substituents is 5. The van der Waals surface area contributed by atoms with E-state index in [-0.39, 0.29) is 39.7 Å². The molecule has 4 aliphatic heterocycles. The molecule has 27 heteroatoms. The van der Waals surface area contributed by atoms with Crippen LogP contribution in [0.1, 0.15) is 16.7 Å². The van der Waals surface area contributed by atoms with Gasteiger partial charge in [0.25, 0.3) is 0 Å². The van der Waals surface area contributed by atoms with Gasteiger partial charge < -0.3 is 124 Å². The molecule has 3 fully saturated rings. The SMILES string of the molecule is COc1cc(C=CC(=O)OCC2OC(OC3C(OC4=C(c5ccc(O)c(O)c5)OC5C=C(O)C=C(OC6OC(CO)C(O)C(O)C6O)C5=C4)OC(COC(=O)C=Cc4ccc(O)c(O)c4)C(O)C3O)C(O)C(O)C2O)ccc1O. The van der Waals surface area contributed by atoms with Gasteiger partial charge in [0, 0.05) is 35.4 Å². The third-order valence-corrected chi connectivity index (χ3v) is 12.9. The van der Waals surface area contributed by atoms with Gasteiger partial charge in [0.15, 0.2) is 58.4 Å². The van der Waals surface area contributed by atoms with E-state index in [1.807, 2.05) is 0 Å². The monoisotopic (exact) mass is 1110 g/mol. The zero-order chi connectivity index (χ0) is 57.0. The Morgan fingerprint density at radius 3 is 1.72 bits per heavy atom. The lowest BCUT2D eigenvalue weighted by atomic mass is 9.95. The molecule has 0 radical (unpaired) electrons. The lowest BCUT2D eigenvalue weighted by Crippen LogP contribution is -2.64. The summed E-state index contributed by atoms with van der Waals surface area (Å²) in [6, 6.07) is 11.3. The number of rotatable bonds is 17. The second kappa shape index (κ2) is 24.7. The van der Waals surface area contributed by atoms with Crippen LogP contribution >= 0.6 is 0 Å². The molecule has 16 atom stereocenters. The van der Waals surface area contributed by atoms with Gasteiger partial charge in [-0.05, 0) is 71.8 Å². The molecule has 0 saturated carbocycles. The summed E-state index contributed by atoms with van der Waals surface area (Å²) in [6.45, 7) is -2.43. The molecule has 426 valence electrons. The molecule has 0 aromatic heterocycles. The summed E-state index contributed by atoms with van der Waals surface area (Å²) in [6.07, 6.45) is -22.3. The number of methoxy groups -OCH3 is 1. The van der Waals surface area contributed by atoms with Crippen LogP contribution in [0.25, 0.3) is 17.9 Å². The molecule has 16 unspecified atom stereocenters. The molecule has 15 N–H and O–H groups in total. The highest BCUT2D eigenvalue weighted by Crippen LogP contribution is 2.42. The number of hydrogen-bond acceptors (Lipinski definition) is 27. The van der Waals surface area contributed by atoms with Crippen LogP contribution in [0.15, 0.2) is 108 Å². The van der Waals surface area contributed by atoms with Gasteiger partial charge in [0.1, 0.15) is 98.0 Å². The first kappa shape index (κ1) is 57.7. The van der Waals surface area contributed by atoms with Crippen LogP contribution in [0, 0.1) is 0 Å². The normalized spacial score (nSPS) is 31.8. The molecule has 79 heavy (non-hydrogen) atoms. The highest BCUT2D eigenvalue weighted by atomic mass is 16.8. The van der Waals surface area contributed by atoms with E-state index in [9.17, 15) is 86.2 Å². The molecule has 3 saturated heterocycles. The van der Waals surface area contributed by atoms with E-state index in [4.69, 9.17) is 47.4 Å². The Labute approximate surface area is 446 Å². The van der Waals surface area contributed by atoms with Crippen molar-refractivity contribution in [2.24, 2.45) is 0 Å². The molecule has 0 amide bonds. The maximum absolute atomic E-state index is 13.0. The maximum atomic E-state index is 13.0. The Hall–Kier alpha value is -7.48. The van der Waals surface area contributed by atoms with Gasteiger partial charge in [-0.1, -0.05) is 12.1 Å². The van der Waals surface area contributed by atoms with Crippen LogP contribution in [0.3, 0.4) is 0 Å². The van der Waals surface area contributed by atoms with Gasteiger partial charge in [-0.2, -0.15) is 0 Å². The summed E-state index contributed by atoms with van der Waals surface area (Å²) in [5.74, 6) is -5.77. The fourth-order valence-corrected chi connectivity index (χ4v) is 8.57. The van der Waals surface area contributed by atoms with E-state index in [1.54, 1.807) is 0 Å². The van der Waals surface area contributed by atoms with E-state index < -0.39 is 164 Å². The standard InChI is InChI=1S/C52H56O27/c1-70-33-13-22(3-8-28(33)57)5-11-39(61)71-19-36-41(63)44(66)47(69)51(77-36)79-49-45(67)42(64)37(20-72-38(60)10-4-21-2-7-26(55)29(58)12-21)78-52(49)75-34-17-25-31(73-48(34)23-6-9-27(56)30(59)14-23)15-24(54)16-32(25)74-50-46(68)43(65)40(62)35(18-53)76-50/h2-17,31,35-37,40-47,49-59,62-69H,18-20H2,1H3. The molecular formula is C52H56O27. The summed E-state index contributed by atoms with van der Waals surface area (Å²) in [5.41, 5.74) is 0.586. The second-order valence-corrected chi connectivity index (χ2v) is 18.3. The Bertz CT molecular complexity index is 2890. The van der Waals surface area contributed by atoms with Crippen LogP contribution in [-0.2, 0) is 52.2 Å². The van der Waals surface area contributed by atoms with Gasteiger partial charge in [-0.25, -0.2) is 9.59 Å². The summed E-state index contributed by atoms with van der Waals surface area (Å²) >= 11 is 0. The van der Waals surface area contributed by atoms with Crippen molar-refractivity contribution in [1.82, 2.24) is 0 Å². The smallest absolute Gasteiger partial charge is 0.330 e. The summed E-state index contributed by atoms with van der Waals surface area (Å²) < 4.78 is 57.7. The molecule has 1 aliphatic carbocycles. The third kappa shape index (κ3) is 13.0. The van der Waals surface area contributed by atoms with Crippen LogP contribution in [-0.4, -0.2) is 214 Å². The number of aliphatic hydroxyl groups is 10. The average Bonchev–Trinajstić information content (AvgIpc) is 3.43. The number of aliphatic hydroxyl groups excluding tert-OH is 10.